The van der Waals surface area contributed by atoms with Gasteiger partial charge in [-0.2, -0.15) is 5.26 Å². The molecule has 2 amide bonds. The van der Waals surface area contributed by atoms with E-state index in [-0.39, 0.29) is 30.2 Å². The van der Waals surface area contributed by atoms with Crippen LogP contribution in [0.5, 0.6) is 5.75 Å². The molecule has 42 heavy (non-hydrogen) atoms. The van der Waals surface area contributed by atoms with E-state index in [9.17, 15) is 14.9 Å². The lowest BCUT2D eigenvalue weighted by atomic mass is 9.62. The zero-order valence-corrected chi connectivity index (χ0v) is 24.4. The molecule has 4 atom stereocenters. The summed E-state index contributed by atoms with van der Waals surface area (Å²) in [5.74, 6) is -2.21. The number of carbonyl (C=O) groups excluding carboxylic acids is 2. The van der Waals surface area contributed by atoms with Crippen LogP contribution in [-0.2, 0) is 15.0 Å². The van der Waals surface area contributed by atoms with Crippen LogP contribution in [0.15, 0.2) is 60.7 Å². The SMILES string of the molecule is CC(C)(C#N)CC1NC(C(=O)Nc2ccc(OCCO)cc2)C(c2cccc(Cl)c2F)C12C(=O)Nc1cc(Cl)ccc12. The van der Waals surface area contributed by atoms with E-state index < -0.39 is 46.5 Å². The third-order valence-electron chi connectivity index (χ3n) is 7.90. The summed E-state index contributed by atoms with van der Waals surface area (Å²) < 4.78 is 21.3. The van der Waals surface area contributed by atoms with E-state index in [1.807, 2.05) is 0 Å². The number of hydrogen-bond acceptors (Lipinski definition) is 6. The molecule has 3 aromatic carbocycles. The van der Waals surface area contributed by atoms with Crippen LogP contribution in [0.1, 0.15) is 37.3 Å². The lowest BCUT2D eigenvalue weighted by molar-refractivity contribution is -0.122. The topological polar surface area (TPSA) is 123 Å². The Morgan fingerprint density at radius 2 is 1.93 bits per heavy atom. The van der Waals surface area contributed by atoms with Gasteiger partial charge in [0.1, 0.15) is 23.6 Å². The normalized spacial score (nSPS) is 22.9. The number of carbonyl (C=O) groups is 2. The summed E-state index contributed by atoms with van der Waals surface area (Å²) >= 11 is 12.5. The second-order valence-corrected chi connectivity index (χ2v) is 12.0. The zero-order valence-electron chi connectivity index (χ0n) is 22.9. The van der Waals surface area contributed by atoms with Crippen molar-refractivity contribution in [3.8, 4) is 11.8 Å². The van der Waals surface area contributed by atoms with Gasteiger partial charge < -0.3 is 25.8 Å². The highest BCUT2D eigenvalue weighted by Crippen LogP contribution is 2.57. The van der Waals surface area contributed by atoms with Gasteiger partial charge in [-0.25, -0.2) is 4.39 Å². The summed E-state index contributed by atoms with van der Waals surface area (Å²) in [6.07, 6.45) is 0.179. The summed E-state index contributed by atoms with van der Waals surface area (Å²) in [5.41, 5.74) is -0.828. The Morgan fingerprint density at radius 1 is 1.19 bits per heavy atom. The fourth-order valence-electron chi connectivity index (χ4n) is 6.11. The average Bonchev–Trinajstić information content (AvgIpc) is 3.43. The Hall–Kier alpha value is -3.68. The fraction of sp³-hybridized carbons (Fsp3) is 0.323. The maximum Gasteiger partial charge on any atom is 0.242 e. The van der Waals surface area contributed by atoms with Gasteiger partial charge in [-0.1, -0.05) is 41.4 Å². The molecule has 2 aliphatic heterocycles. The van der Waals surface area contributed by atoms with E-state index in [0.717, 1.165) is 0 Å². The lowest BCUT2D eigenvalue weighted by Gasteiger charge is -2.37. The number of rotatable bonds is 8. The van der Waals surface area contributed by atoms with Crippen molar-refractivity contribution in [3.05, 3.63) is 87.7 Å². The number of amides is 2. The number of fused-ring (bicyclic) bond motifs is 2. The molecule has 4 unspecified atom stereocenters. The average molecular weight is 612 g/mol. The molecule has 2 heterocycles. The lowest BCUT2D eigenvalue weighted by Crippen LogP contribution is -2.50. The molecule has 8 nitrogen and oxygen atoms in total. The molecule has 3 aromatic rings. The number of halogens is 3. The second kappa shape index (κ2) is 11.5. The molecule has 1 fully saturated rings. The Balaban J connectivity index is 1.65. The van der Waals surface area contributed by atoms with Crippen LogP contribution < -0.4 is 20.7 Å². The van der Waals surface area contributed by atoms with E-state index in [0.29, 0.717) is 27.7 Å². The maximum atomic E-state index is 15.9. The van der Waals surface area contributed by atoms with Gasteiger partial charge in [-0.05, 0) is 73.9 Å². The first-order valence-corrected chi connectivity index (χ1v) is 14.1. The molecule has 0 aliphatic carbocycles. The Labute approximate surface area is 252 Å². The monoisotopic (exact) mass is 610 g/mol. The molecule has 0 bridgehead atoms. The van der Waals surface area contributed by atoms with Gasteiger partial charge in [0, 0.05) is 28.4 Å². The number of ether oxygens (including phenoxy) is 1. The number of nitriles is 1. The van der Waals surface area contributed by atoms with Crippen molar-refractivity contribution in [2.45, 2.75) is 43.7 Å². The zero-order chi connectivity index (χ0) is 30.2. The smallest absolute Gasteiger partial charge is 0.242 e. The number of nitrogens with zero attached hydrogens (tertiary/aromatic N) is 1. The van der Waals surface area contributed by atoms with Crippen LogP contribution in [0.2, 0.25) is 10.0 Å². The molecule has 1 saturated heterocycles. The first kappa shape index (κ1) is 29.8. The minimum absolute atomic E-state index is 0.0955. The Kier molecular flexibility index (Phi) is 8.19. The van der Waals surface area contributed by atoms with Crippen LogP contribution in [-0.4, -0.2) is 42.2 Å². The standard InChI is InChI=1S/C31H29Cl2FN4O4/c1-30(2,16-35)15-24-31(21-11-6-17(32)14-23(21)37-29(31)41)25(20-4-3-5-22(33)26(20)34)27(38-24)28(40)36-18-7-9-19(10-8-18)42-13-12-39/h3-11,14,24-25,27,38-39H,12-13,15H2,1-2H3,(H,36,40)(H,37,41). The number of aliphatic hydroxyl groups is 1. The van der Waals surface area contributed by atoms with Gasteiger partial charge in [0.25, 0.3) is 0 Å². The Morgan fingerprint density at radius 3 is 2.62 bits per heavy atom. The quantitative estimate of drug-likeness (QED) is 0.271. The highest BCUT2D eigenvalue weighted by Gasteiger charge is 2.66. The van der Waals surface area contributed by atoms with Gasteiger partial charge in [-0.3, -0.25) is 9.59 Å². The summed E-state index contributed by atoms with van der Waals surface area (Å²) in [5, 5.41) is 28.3. The van der Waals surface area contributed by atoms with Crippen molar-refractivity contribution in [2.75, 3.05) is 23.8 Å². The fourth-order valence-corrected chi connectivity index (χ4v) is 6.47. The first-order valence-electron chi connectivity index (χ1n) is 13.4. The van der Waals surface area contributed by atoms with Crippen LogP contribution in [0.3, 0.4) is 0 Å². The van der Waals surface area contributed by atoms with E-state index in [1.54, 1.807) is 62.4 Å². The molecule has 5 rings (SSSR count). The third-order valence-corrected chi connectivity index (χ3v) is 8.43. The summed E-state index contributed by atoms with van der Waals surface area (Å²) in [7, 11) is 0. The molecule has 11 heteroatoms. The molecule has 4 N–H and O–H groups in total. The maximum absolute atomic E-state index is 15.9. The van der Waals surface area contributed by atoms with Gasteiger partial charge in [0.05, 0.1) is 29.2 Å². The number of benzene rings is 3. The minimum Gasteiger partial charge on any atom is -0.491 e. The van der Waals surface area contributed by atoms with Crippen molar-refractivity contribution >= 4 is 46.4 Å². The van der Waals surface area contributed by atoms with Gasteiger partial charge in [0.15, 0.2) is 0 Å². The highest BCUT2D eigenvalue weighted by molar-refractivity contribution is 6.31. The number of aliphatic hydroxyl groups excluding tert-OH is 1. The number of nitrogens with one attached hydrogen (secondary N) is 3. The first-order chi connectivity index (χ1) is 20.0. The van der Waals surface area contributed by atoms with E-state index in [4.69, 9.17) is 33.0 Å². The van der Waals surface area contributed by atoms with Gasteiger partial charge in [-0.15, -0.1) is 0 Å². The summed E-state index contributed by atoms with van der Waals surface area (Å²) in [6.45, 7) is 3.49. The van der Waals surface area contributed by atoms with Gasteiger partial charge in [0.2, 0.25) is 11.8 Å². The molecule has 0 aromatic heterocycles. The summed E-state index contributed by atoms with van der Waals surface area (Å²) in [4.78, 5) is 28.2. The molecule has 1 spiro atoms. The van der Waals surface area contributed by atoms with Crippen molar-refractivity contribution in [1.29, 1.82) is 5.26 Å². The van der Waals surface area contributed by atoms with Gasteiger partial charge >= 0.3 is 0 Å². The summed E-state index contributed by atoms with van der Waals surface area (Å²) in [6, 6.07) is 16.5. The largest absolute Gasteiger partial charge is 0.491 e. The predicted molar refractivity (Wildman–Crippen MR) is 158 cm³/mol. The van der Waals surface area contributed by atoms with E-state index >= 15 is 4.39 Å². The second-order valence-electron chi connectivity index (χ2n) is 11.1. The third kappa shape index (κ3) is 5.20. The van der Waals surface area contributed by atoms with E-state index in [1.165, 1.54) is 12.1 Å². The predicted octanol–water partition coefficient (Wildman–Crippen LogP) is 5.40. The van der Waals surface area contributed by atoms with Crippen LogP contribution in [0.4, 0.5) is 15.8 Å². The molecule has 218 valence electrons. The number of anilines is 2. The van der Waals surface area contributed by atoms with Crippen LogP contribution in [0, 0.1) is 22.6 Å². The minimum atomic E-state index is -1.48. The molecule has 0 radical (unpaired) electrons. The molecule has 2 aliphatic rings. The van der Waals surface area contributed by atoms with Crippen molar-refractivity contribution in [2.24, 2.45) is 5.41 Å². The van der Waals surface area contributed by atoms with Crippen molar-refractivity contribution < 1.29 is 23.8 Å². The molecule has 0 saturated carbocycles. The van der Waals surface area contributed by atoms with Crippen LogP contribution >= 0.6 is 23.2 Å². The van der Waals surface area contributed by atoms with E-state index in [2.05, 4.69) is 22.0 Å². The van der Waals surface area contributed by atoms with Crippen molar-refractivity contribution in [3.63, 3.8) is 0 Å². The molecular formula is C31H29Cl2FN4O4. The van der Waals surface area contributed by atoms with Crippen molar-refractivity contribution in [1.82, 2.24) is 5.32 Å². The Bertz CT molecular complexity index is 1580. The number of hydrogen-bond donors (Lipinski definition) is 4. The highest BCUT2D eigenvalue weighted by atomic mass is 35.5. The molecular weight excluding hydrogens is 582 g/mol. The van der Waals surface area contributed by atoms with Crippen LogP contribution in [0.25, 0.3) is 0 Å².